The van der Waals surface area contributed by atoms with Gasteiger partial charge in [-0.3, -0.25) is 9.59 Å². The number of alkyl halides is 1. The van der Waals surface area contributed by atoms with Gasteiger partial charge in [0.15, 0.2) is 0 Å². The average Bonchev–Trinajstić information content (AvgIpc) is 2.10. The van der Waals surface area contributed by atoms with Crippen LogP contribution in [0.4, 0.5) is 0 Å². The van der Waals surface area contributed by atoms with Crippen molar-refractivity contribution in [1.82, 2.24) is 5.32 Å². The van der Waals surface area contributed by atoms with E-state index in [0.717, 1.165) is 0 Å². The molecule has 0 saturated heterocycles. The van der Waals surface area contributed by atoms with Gasteiger partial charge in [-0.1, -0.05) is 0 Å². The van der Waals surface area contributed by atoms with E-state index in [-0.39, 0.29) is 18.7 Å². The summed E-state index contributed by atoms with van der Waals surface area (Å²) >= 11 is 5.14. The van der Waals surface area contributed by atoms with Gasteiger partial charge in [-0.25, -0.2) is 4.79 Å². The lowest BCUT2D eigenvalue weighted by atomic mass is 10.1. The van der Waals surface area contributed by atoms with Crippen molar-refractivity contribution in [2.75, 3.05) is 5.88 Å². The van der Waals surface area contributed by atoms with Crippen LogP contribution in [-0.4, -0.2) is 40.0 Å². The van der Waals surface area contributed by atoms with Crippen molar-refractivity contribution in [1.29, 1.82) is 0 Å². The standard InChI is InChI=1S/C7H10ClNO5/c8-3-5(10)9-4(7(13)14)1-2-6(11)12/h4H,1-3H2,(H,9,10)(H,11,12)(H,13,14)/t4-/m1/s1. The number of carbonyl (C=O) groups excluding carboxylic acids is 1. The summed E-state index contributed by atoms with van der Waals surface area (Å²) in [5.41, 5.74) is 0. The first-order chi connectivity index (χ1) is 6.47. The molecule has 3 N–H and O–H groups in total. The molecule has 0 radical (unpaired) electrons. The van der Waals surface area contributed by atoms with Crippen molar-refractivity contribution in [3.8, 4) is 0 Å². The van der Waals surface area contributed by atoms with Gasteiger partial charge in [-0.2, -0.15) is 0 Å². The molecule has 0 rings (SSSR count). The minimum absolute atomic E-state index is 0.159. The number of hydrogen-bond acceptors (Lipinski definition) is 3. The van der Waals surface area contributed by atoms with Gasteiger partial charge >= 0.3 is 11.9 Å². The Morgan fingerprint density at radius 1 is 1.29 bits per heavy atom. The molecular weight excluding hydrogens is 214 g/mol. The summed E-state index contributed by atoms with van der Waals surface area (Å²) in [5, 5.41) is 19.0. The van der Waals surface area contributed by atoms with Gasteiger partial charge in [-0.05, 0) is 6.42 Å². The molecule has 0 aromatic heterocycles. The third kappa shape index (κ3) is 5.36. The van der Waals surface area contributed by atoms with Gasteiger partial charge in [-0.15, -0.1) is 11.6 Å². The molecule has 0 unspecified atom stereocenters. The van der Waals surface area contributed by atoms with Crippen LogP contribution in [-0.2, 0) is 14.4 Å². The van der Waals surface area contributed by atoms with Gasteiger partial charge < -0.3 is 15.5 Å². The molecule has 0 aliphatic heterocycles. The maximum atomic E-state index is 10.7. The van der Waals surface area contributed by atoms with Crippen LogP contribution in [0.1, 0.15) is 12.8 Å². The number of rotatable bonds is 6. The Bertz CT molecular complexity index is 242. The highest BCUT2D eigenvalue weighted by Gasteiger charge is 2.20. The topological polar surface area (TPSA) is 104 Å². The minimum atomic E-state index is -1.27. The second-order valence-electron chi connectivity index (χ2n) is 2.52. The van der Waals surface area contributed by atoms with E-state index in [9.17, 15) is 14.4 Å². The summed E-state index contributed by atoms with van der Waals surface area (Å²) in [6, 6.07) is -1.20. The van der Waals surface area contributed by atoms with E-state index in [4.69, 9.17) is 21.8 Å². The van der Waals surface area contributed by atoms with Crippen molar-refractivity contribution in [2.45, 2.75) is 18.9 Å². The maximum absolute atomic E-state index is 10.7. The number of halogens is 1. The van der Waals surface area contributed by atoms with Crippen LogP contribution in [0.5, 0.6) is 0 Å². The van der Waals surface area contributed by atoms with E-state index >= 15 is 0 Å². The third-order valence-electron chi connectivity index (χ3n) is 1.40. The summed E-state index contributed by atoms with van der Waals surface area (Å²) in [6.45, 7) is 0. The molecule has 0 aliphatic carbocycles. The highest BCUT2D eigenvalue weighted by Crippen LogP contribution is 1.98. The summed E-state index contributed by atoms with van der Waals surface area (Å²) in [5.74, 6) is -3.37. The fourth-order valence-electron chi connectivity index (χ4n) is 0.758. The van der Waals surface area contributed by atoms with Gasteiger partial charge in [0.2, 0.25) is 5.91 Å². The number of aliphatic carboxylic acids is 2. The lowest BCUT2D eigenvalue weighted by molar-refractivity contribution is -0.142. The Hall–Kier alpha value is -1.30. The molecule has 0 spiro atoms. The van der Waals surface area contributed by atoms with Crippen LogP contribution in [0.15, 0.2) is 0 Å². The van der Waals surface area contributed by atoms with Crippen molar-refractivity contribution >= 4 is 29.4 Å². The zero-order valence-corrected chi connectivity index (χ0v) is 7.95. The predicted molar refractivity (Wildman–Crippen MR) is 47.2 cm³/mol. The Morgan fingerprint density at radius 2 is 1.86 bits per heavy atom. The summed E-state index contributed by atoms with van der Waals surface area (Å²) in [7, 11) is 0. The van der Waals surface area contributed by atoms with Crippen molar-refractivity contribution in [2.24, 2.45) is 0 Å². The highest BCUT2D eigenvalue weighted by molar-refractivity contribution is 6.27. The fourth-order valence-corrected chi connectivity index (χ4v) is 0.835. The molecule has 80 valence electrons. The van der Waals surface area contributed by atoms with Crippen LogP contribution in [0.3, 0.4) is 0 Å². The quantitative estimate of drug-likeness (QED) is 0.535. The average molecular weight is 224 g/mol. The van der Waals surface area contributed by atoms with Gasteiger partial charge in [0.05, 0.1) is 0 Å². The molecule has 1 atom stereocenters. The predicted octanol–water partition coefficient (Wildman–Crippen LogP) is -0.341. The second-order valence-corrected chi connectivity index (χ2v) is 2.79. The Labute approximate surface area is 84.9 Å². The number of amides is 1. The lowest BCUT2D eigenvalue weighted by Gasteiger charge is -2.11. The number of carbonyl (C=O) groups is 3. The van der Waals surface area contributed by atoms with E-state index in [1.807, 2.05) is 0 Å². The van der Waals surface area contributed by atoms with Gasteiger partial charge in [0.1, 0.15) is 11.9 Å². The van der Waals surface area contributed by atoms with Crippen LogP contribution in [0.25, 0.3) is 0 Å². The van der Waals surface area contributed by atoms with Crippen LogP contribution in [0, 0.1) is 0 Å². The number of carboxylic acid groups (broad SMARTS) is 2. The molecule has 0 aromatic carbocycles. The minimum Gasteiger partial charge on any atom is -0.481 e. The van der Waals surface area contributed by atoms with Crippen LogP contribution in [0.2, 0.25) is 0 Å². The first-order valence-corrected chi connectivity index (χ1v) is 4.30. The van der Waals surface area contributed by atoms with Crippen LogP contribution < -0.4 is 5.32 Å². The Balaban J connectivity index is 4.09. The third-order valence-corrected chi connectivity index (χ3v) is 1.64. The molecule has 1 amide bonds. The van der Waals surface area contributed by atoms with Crippen molar-refractivity contribution in [3.05, 3.63) is 0 Å². The Kier molecular flexibility index (Phi) is 5.62. The maximum Gasteiger partial charge on any atom is 0.326 e. The van der Waals surface area contributed by atoms with E-state index in [2.05, 4.69) is 5.32 Å². The molecule has 0 aromatic rings. The SMILES string of the molecule is O=C(O)CC[C@@H](NC(=O)CCl)C(=O)O. The molecule has 0 aliphatic rings. The zero-order chi connectivity index (χ0) is 11.1. The summed E-state index contributed by atoms with van der Waals surface area (Å²) in [4.78, 5) is 31.4. The van der Waals surface area contributed by atoms with Crippen molar-refractivity contribution in [3.63, 3.8) is 0 Å². The molecule has 14 heavy (non-hydrogen) atoms. The van der Waals surface area contributed by atoms with Crippen LogP contribution >= 0.6 is 11.6 Å². The molecule has 0 fully saturated rings. The molecule has 7 heteroatoms. The number of carboxylic acids is 2. The highest BCUT2D eigenvalue weighted by atomic mass is 35.5. The van der Waals surface area contributed by atoms with E-state index in [1.54, 1.807) is 0 Å². The smallest absolute Gasteiger partial charge is 0.326 e. The van der Waals surface area contributed by atoms with E-state index in [0.29, 0.717) is 0 Å². The number of hydrogen-bond donors (Lipinski definition) is 3. The summed E-state index contributed by atoms with van der Waals surface area (Å²) < 4.78 is 0. The fraction of sp³-hybridized carbons (Fsp3) is 0.571. The monoisotopic (exact) mass is 223 g/mol. The lowest BCUT2D eigenvalue weighted by Crippen LogP contribution is -2.41. The number of nitrogens with one attached hydrogen (secondary N) is 1. The molecule has 6 nitrogen and oxygen atoms in total. The van der Waals surface area contributed by atoms with Gasteiger partial charge in [0, 0.05) is 6.42 Å². The second kappa shape index (κ2) is 6.20. The van der Waals surface area contributed by atoms with Crippen molar-refractivity contribution < 1.29 is 24.6 Å². The van der Waals surface area contributed by atoms with Gasteiger partial charge in [0.25, 0.3) is 0 Å². The Morgan fingerprint density at radius 3 is 2.21 bits per heavy atom. The molecule has 0 saturated carbocycles. The summed E-state index contributed by atoms with van der Waals surface area (Å²) in [6.07, 6.45) is -0.479. The first kappa shape index (κ1) is 12.7. The first-order valence-electron chi connectivity index (χ1n) is 3.77. The zero-order valence-electron chi connectivity index (χ0n) is 7.20. The largest absolute Gasteiger partial charge is 0.481 e. The molecular formula is C7H10ClNO5. The molecule has 0 bridgehead atoms. The van der Waals surface area contributed by atoms with E-state index < -0.39 is 23.9 Å². The molecule has 0 heterocycles. The van der Waals surface area contributed by atoms with E-state index in [1.165, 1.54) is 0 Å². The normalized spacial score (nSPS) is 11.8.